The number of nitrogens with zero attached hydrogens (tertiary/aromatic N) is 2. The second-order valence-corrected chi connectivity index (χ2v) is 4.31. The third-order valence-corrected chi connectivity index (χ3v) is 2.64. The van der Waals surface area contributed by atoms with Gasteiger partial charge in [-0.15, -0.1) is 0 Å². The SMILES string of the molecule is C=C(C)CN(CC)c1ccc(C#N)c(C(F)(F)F)c1. The lowest BCUT2D eigenvalue weighted by atomic mass is 10.1. The maximum atomic E-state index is 12.9. The number of halogens is 3. The fourth-order valence-electron chi connectivity index (χ4n) is 1.77. The Morgan fingerprint density at radius 3 is 2.47 bits per heavy atom. The summed E-state index contributed by atoms with van der Waals surface area (Å²) in [5.74, 6) is 0. The monoisotopic (exact) mass is 268 g/mol. The van der Waals surface area contributed by atoms with Crippen LogP contribution in [0.5, 0.6) is 0 Å². The quantitative estimate of drug-likeness (QED) is 0.772. The number of nitriles is 1. The van der Waals surface area contributed by atoms with Gasteiger partial charge in [-0.25, -0.2) is 0 Å². The van der Waals surface area contributed by atoms with Crippen LogP contribution in [0.25, 0.3) is 0 Å². The van der Waals surface area contributed by atoms with E-state index in [1.807, 2.05) is 13.8 Å². The molecule has 5 heteroatoms. The summed E-state index contributed by atoms with van der Waals surface area (Å²) < 4.78 is 38.6. The van der Waals surface area contributed by atoms with E-state index in [1.165, 1.54) is 12.1 Å². The first kappa shape index (κ1) is 15.1. The van der Waals surface area contributed by atoms with Crippen molar-refractivity contribution in [1.29, 1.82) is 5.26 Å². The van der Waals surface area contributed by atoms with Crippen LogP contribution in [0.1, 0.15) is 25.0 Å². The minimum Gasteiger partial charge on any atom is -0.368 e. The van der Waals surface area contributed by atoms with Crippen LogP contribution >= 0.6 is 0 Å². The minimum absolute atomic E-state index is 0.359. The molecule has 0 N–H and O–H groups in total. The topological polar surface area (TPSA) is 27.0 Å². The maximum absolute atomic E-state index is 12.9. The van der Waals surface area contributed by atoms with E-state index in [9.17, 15) is 13.2 Å². The molecule has 0 bridgehead atoms. The van der Waals surface area contributed by atoms with Gasteiger partial charge in [-0.3, -0.25) is 0 Å². The Balaban J connectivity index is 3.25. The number of hydrogen-bond donors (Lipinski definition) is 0. The first-order valence-electron chi connectivity index (χ1n) is 5.80. The van der Waals surface area contributed by atoms with Gasteiger partial charge in [0.25, 0.3) is 0 Å². The summed E-state index contributed by atoms with van der Waals surface area (Å²) in [5, 5.41) is 8.74. The van der Waals surface area contributed by atoms with Gasteiger partial charge in [-0.2, -0.15) is 18.4 Å². The summed E-state index contributed by atoms with van der Waals surface area (Å²) >= 11 is 0. The molecule has 102 valence electrons. The second-order valence-electron chi connectivity index (χ2n) is 4.31. The standard InChI is InChI=1S/C14H15F3N2/c1-4-19(9-10(2)3)12-6-5-11(8-18)13(7-12)14(15,16)17/h5-7H,2,4,9H2,1,3H3. The Morgan fingerprint density at radius 1 is 1.42 bits per heavy atom. The van der Waals surface area contributed by atoms with Gasteiger partial charge in [0.2, 0.25) is 0 Å². The molecule has 0 saturated carbocycles. The lowest BCUT2D eigenvalue weighted by Gasteiger charge is -2.24. The molecule has 0 spiro atoms. The largest absolute Gasteiger partial charge is 0.417 e. The van der Waals surface area contributed by atoms with Crippen LogP contribution < -0.4 is 4.90 Å². The highest BCUT2D eigenvalue weighted by Gasteiger charge is 2.34. The van der Waals surface area contributed by atoms with Crippen molar-refractivity contribution in [2.24, 2.45) is 0 Å². The lowest BCUT2D eigenvalue weighted by molar-refractivity contribution is -0.137. The molecule has 0 aliphatic heterocycles. The van der Waals surface area contributed by atoms with E-state index in [-0.39, 0.29) is 5.56 Å². The first-order valence-corrected chi connectivity index (χ1v) is 5.80. The van der Waals surface area contributed by atoms with E-state index < -0.39 is 11.7 Å². The molecular formula is C14H15F3N2. The fraction of sp³-hybridized carbons (Fsp3) is 0.357. The third kappa shape index (κ3) is 3.75. The van der Waals surface area contributed by atoms with Crippen molar-refractivity contribution in [1.82, 2.24) is 0 Å². The summed E-state index contributed by atoms with van der Waals surface area (Å²) in [6.45, 7) is 8.48. The second kappa shape index (κ2) is 5.79. The van der Waals surface area contributed by atoms with Gasteiger partial charge in [0.1, 0.15) is 0 Å². The summed E-state index contributed by atoms with van der Waals surface area (Å²) in [6.07, 6.45) is -4.52. The summed E-state index contributed by atoms with van der Waals surface area (Å²) in [7, 11) is 0. The summed E-state index contributed by atoms with van der Waals surface area (Å²) in [4.78, 5) is 1.78. The van der Waals surface area contributed by atoms with Crippen molar-refractivity contribution in [3.63, 3.8) is 0 Å². The van der Waals surface area contributed by atoms with E-state index in [4.69, 9.17) is 5.26 Å². The van der Waals surface area contributed by atoms with Gasteiger partial charge in [-0.1, -0.05) is 12.2 Å². The molecule has 1 rings (SSSR count). The average molecular weight is 268 g/mol. The zero-order valence-corrected chi connectivity index (χ0v) is 10.9. The zero-order chi connectivity index (χ0) is 14.6. The Morgan fingerprint density at radius 2 is 2.05 bits per heavy atom. The Hall–Kier alpha value is -1.96. The van der Waals surface area contributed by atoms with Gasteiger partial charge < -0.3 is 4.90 Å². The third-order valence-electron chi connectivity index (χ3n) is 2.64. The normalized spacial score (nSPS) is 10.9. The smallest absolute Gasteiger partial charge is 0.368 e. The Bertz CT molecular complexity index is 512. The van der Waals surface area contributed by atoms with Crippen molar-refractivity contribution in [2.75, 3.05) is 18.0 Å². The van der Waals surface area contributed by atoms with Crippen LogP contribution in [0.4, 0.5) is 18.9 Å². The molecule has 1 aromatic rings. The molecule has 0 saturated heterocycles. The molecule has 19 heavy (non-hydrogen) atoms. The Labute approximate surface area is 110 Å². The maximum Gasteiger partial charge on any atom is 0.417 e. The highest BCUT2D eigenvalue weighted by atomic mass is 19.4. The van der Waals surface area contributed by atoms with E-state index in [0.29, 0.717) is 18.8 Å². The molecule has 0 heterocycles. The van der Waals surface area contributed by atoms with E-state index >= 15 is 0 Å². The molecule has 2 nitrogen and oxygen atoms in total. The van der Waals surface area contributed by atoms with Gasteiger partial charge in [0.15, 0.2) is 0 Å². The molecule has 0 atom stereocenters. The highest BCUT2D eigenvalue weighted by molar-refractivity contribution is 5.55. The van der Waals surface area contributed by atoms with Gasteiger partial charge >= 0.3 is 6.18 Å². The van der Waals surface area contributed by atoms with E-state index in [0.717, 1.165) is 11.6 Å². The van der Waals surface area contributed by atoms with Crippen LogP contribution in [0.15, 0.2) is 30.4 Å². The number of likely N-dealkylation sites (N-methyl/N-ethyl adjacent to an activating group) is 1. The van der Waals surface area contributed by atoms with Crippen molar-refractivity contribution < 1.29 is 13.2 Å². The molecule has 0 fully saturated rings. The fourth-order valence-corrected chi connectivity index (χ4v) is 1.77. The summed E-state index contributed by atoms with van der Waals surface area (Å²) in [5.41, 5.74) is 0.0480. The van der Waals surface area contributed by atoms with Crippen molar-refractivity contribution >= 4 is 5.69 Å². The van der Waals surface area contributed by atoms with E-state index in [2.05, 4.69) is 6.58 Å². The lowest BCUT2D eigenvalue weighted by Crippen LogP contribution is -2.25. The Kier molecular flexibility index (Phi) is 4.60. The first-order chi connectivity index (χ1) is 8.79. The van der Waals surface area contributed by atoms with Crippen molar-refractivity contribution in [3.8, 4) is 6.07 Å². The minimum atomic E-state index is -4.52. The van der Waals surface area contributed by atoms with Crippen LogP contribution in [0, 0.1) is 11.3 Å². The van der Waals surface area contributed by atoms with Gasteiger partial charge in [0.05, 0.1) is 17.2 Å². The summed E-state index contributed by atoms with van der Waals surface area (Å²) in [6, 6.07) is 5.33. The average Bonchev–Trinajstić information content (AvgIpc) is 2.34. The molecule has 0 aliphatic carbocycles. The van der Waals surface area contributed by atoms with Crippen LogP contribution in [-0.2, 0) is 6.18 Å². The van der Waals surface area contributed by atoms with Crippen molar-refractivity contribution in [2.45, 2.75) is 20.0 Å². The van der Waals surface area contributed by atoms with Gasteiger partial charge in [-0.05, 0) is 32.0 Å². The predicted molar refractivity (Wildman–Crippen MR) is 68.9 cm³/mol. The molecule has 0 amide bonds. The molecule has 0 aromatic heterocycles. The molecule has 0 radical (unpaired) electrons. The van der Waals surface area contributed by atoms with Crippen LogP contribution in [-0.4, -0.2) is 13.1 Å². The molecule has 0 aliphatic rings. The van der Waals surface area contributed by atoms with E-state index in [1.54, 1.807) is 11.0 Å². The molecular weight excluding hydrogens is 253 g/mol. The molecule has 1 aromatic carbocycles. The van der Waals surface area contributed by atoms with Crippen molar-refractivity contribution in [3.05, 3.63) is 41.5 Å². The number of rotatable bonds is 4. The zero-order valence-electron chi connectivity index (χ0n) is 10.9. The number of anilines is 1. The number of benzene rings is 1. The molecule has 0 unspecified atom stereocenters. The highest BCUT2D eigenvalue weighted by Crippen LogP contribution is 2.34. The number of hydrogen-bond acceptors (Lipinski definition) is 2. The van der Waals surface area contributed by atoms with Crippen LogP contribution in [0.2, 0.25) is 0 Å². The number of alkyl halides is 3. The van der Waals surface area contributed by atoms with Crippen LogP contribution in [0.3, 0.4) is 0 Å². The predicted octanol–water partition coefficient (Wildman–Crippen LogP) is 3.98. The van der Waals surface area contributed by atoms with Gasteiger partial charge in [0, 0.05) is 18.8 Å².